The molecule has 132 valence electrons. The van der Waals surface area contributed by atoms with Crippen molar-refractivity contribution < 1.29 is 18.7 Å². The van der Waals surface area contributed by atoms with Crippen molar-refractivity contribution >= 4 is 28.5 Å². The molecular weight excluding hydrogens is 334 g/mol. The Morgan fingerprint density at radius 2 is 1.81 bits per heavy atom. The summed E-state index contributed by atoms with van der Waals surface area (Å²) in [5.74, 6) is -0.698. The Morgan fingerprint density at radius 3 is 2.50 bits per heavy atom. The number of amides is 1. The van der Waals surface area contributed by atoms with Crippen LogP contribution in [0.4, 0.5) is 5.69 Å². The van der Waals surface area contributed by atoms with Gasteiger partial charge in [-0.2, -0.15) is 0 Å². The maximum Gasteiger partial charge on any atom is 0.338 e. The van der Waals surface area contributed by atoms with Crippen LogP contribution in [0.3, 0.4) is 0 Å². The Balaban J connectivity index is 1.85. The Labute approximate surface area is 149 Å². The largest absolute Gasteiger partial charge is 0.457 e. The van der Waals surface area contributed by atoms with E-state index in [1.165, 1.54) is 13.0 Å². The number of carbonyl (C=O) groups excluding carboxylic acids is 2. The van der Waals surface area contributed by atoms with Crippen LogP contribution in [-0.2, 0) is 16.1 Å². The molecule has 0 aliphatic rings. The Bertz CT molecular complexity index is 1030. The van der Waals surface area contributed by atoms with Gasteiger partial charge >= 0.3 is 11.6 Å². The van der Waals surface area contributed by atoms with Crippen LogP contribution in [0.1, 0.15) is 28.4 Å². The topological polar surface area (TPSA) is 85.6 Å². The zero-order valence-corrected chi connectivity index (χ0v) is 14.4. The second kappa shape index (κ2) is 7.23. The molecule has 0 unspecified atom stereocenters. The number of esters is 1. The molecule has 0 bridgehead atoms. The molecular formula is C20H17NO5. The molecule has 0 fully saturated rings. The fourth-order valence-corrected chi connectivity index (χ4v) is 2.55. The fraction of sp³-hybridized carbons (Fsp3) is 0.150. The van der Waals surface area contributed by atoms with Gasteiger partial charge in [0.05, 0.1) is 5.56 Å². The van der Waals surface area contributed by atoms with Gasteiger partial charge in [-0.15, -0.1) is 0 Å². The summed E-state index contributed by atoms with van der Waals surface area (Å²) in [5.41, 5.74) is 2.29. The molecule has 0 aliphatic carbocycles. The predicted molar refractivity (Wildman–Crippen MR) is 97.1 cm³/mol. The van der Waals surface area contributed by atoms with Gasteiger partial charge in [0.25, 0.3) is 0 Å². The molecule has 3 aromatic rings. The quantitative estimate of drug-likeness (QED) is 0.575. The maximum absolute atomic E-state index is 12.2. The average molecular weight is 351 g/mol. The van der Waals surface area contributed by atoms with Crippen LogP contribution in [-0.4, -0.2) is 11.9 Å². The molecule has 1 amide bonds. The highest BCUT2D eigenvalue weighted by molar-refractivity contribution is 5.92. The van der Waals surface area contributed by atoms with E-state index in [9.17, 15) is 14.4 Å². The Morgan fingerprint density at radius 1 is 1.08 bits per heavy atom. The number of benzene rings is 2. The van der Waals surface area contributed by atoms with E-state index >= 15 is 0 Å². The van der Waals surface area contributed by atoms with E-state index in [0.717, 1.165) is 5.56 Å². The van der Waals surface area contributed by atoms with Gasteiger partial charge in [0.1, 0.15) is 12.2 Å². The highest BCUT2D eigenvalue weighted by Gasteiger charge is 2.11. The van der Waals surface area contributed by atoms with Gasteiger partial charge in [0.15, 0.2) is 0 Å². The summed E-state index contributed by atoms with van der Waals surface area (Å²) in [5, 5.41) is 3.26. The molecule has 3 rings (SSSR count). The number of carbonyl (C=O) groups is 2. The third kappa shape index (κ3) is 3.97. The SMILES string of the molecule is CC(=O)Nc1ccc2c(COC(=O)c3ccc(C)cc3)cc(=O)oc2c1. The first-order chi connectivity index (χ1) is 12.4. The fourth-order valence-electron chi connectivity index (χ4n) is 2.55. The van der Waals surface area contributed by atoms with Gasteiger partial charge in [0, 0.05) is 35.7 Å². The number of fused-ring (bicyclic) bond motifs is 1. The molecule has 0 saturated carbocycles. The normalized spacial score (nSPS) is 10.5. The smallest absolute Gasteiger partial charge is 0.338 e. The highest BCUT2D eigenvalue weighted by Crippen LogP contribution is 2.22. The lowest BCUT2D eigenvalue weighted by Gasteiger charge is -2.09. The minimum atomic E-state index is -0.557. The molecule has 6 nitrogen and oxygen atoms in total. The molecule has 0 aliphatic heterocycles. The summed E-state index contributed by atoms with van der Waals surface area (Å²) < 4.78 is 10.5. The standard InChI is InChI=1S/C20H17NO5/c1-12-3-5-14(6-4-12)20(24)25-11-15-9-19(23)26-18-10-16(21-13(2)22)7-8-17(15)18/h3-10H,11H2,1-2H3,(H,21,22). The molecule has 0 atom stereocenters. The molecule has 2 aromatic carbocycles. The van der Waals surface area contributed by atoms with Crippen molar-refractivity contribution in [1.29, 1.82) is 0 Å². The van der Waals surface area contributed by atoms with Crippen LogP contribution in [0, 0.1) is 6.92 Å². The number of hydrogen-bond donors (Lipinski definition) is 1. The van der Waals surface area contributed by atoms with Crippen molar-refractivity contribution in [2.75, 3.05) is 5.32 Å². The number of nitrogens with one attached hydrogen (secondary N) is 1. The molecule has 1 heterocycles. The number of rotatable bonds is 4. The summed E-state index contributed by atoms with van der Waals surface area (Å²) >= 11 is 0. The zero-order chi connectivity index (χ0) is 18.7. The summed E-state index contributed by atoms with van der Waals surface area (Å²) in [7, 11) is 0. The zero-order valence-electron chi connectivity index (χ0n) is 14.4. The van der Waals surface area contributed by atoms with E-state index in [4.69, 9.17) is 9.15 Å². The minimum Gasteiger partial charge on any atom is -0.457 e. The summed E-state index contributed by atoms with van der Waals surface area (Å²) in [6.45, 7) is 3.26. The Hall–Kier alpha value is -3.41. The van der Waals surface area contributed by atoms with E-state index in [-0.39, 0.29) is 12.5 Å². The molecule has 26 heavy (non-hydrogen) atoms. The number of ether oxygens (including phenoxy) is 1. The van der Waals surface area contributed by atoms with Crippen molar-refractivity contribution in [3.63, 3.8) is 0 Å². The van der Waals surface area contributed by atoms with Gasteiger partial charge < -0.3 is 14.5 Å². The van der Waals surface area contributed by atoms with E-state index < -0.39 is 11.6 Å². The predicted octanol–water partition coefficient (Wildman–Crippen LogP) is 3.42. The van der Waals surface area contributed by atoms with E-state index in [0.29, 0.717) is 27.8 Å². The van der Waals surface area contributed by atoms with Gasteiger partial charge in [0.2, 0.25) is 5.91 Å². The van der Waals surface area contributed by atoms with Crippen molar-refractivity contribution in [2.45, 2.75) is 20.5 Å². The van der Waals surface area contributed by atoms with Crippen molar-refractivity contribution in [3.8, 4) is 0 Å². The monoisotopic (exact) mass is 351 g/mol. The van der Waals surface area contributed by atoms with Gasteiger partial charge in [-0.05, 0) is 31.2 Å². The van der Waals surface area contributed by atoms with Crippen molar-refractivity contribution in [3.05, 3.63) is 75.6 Å². The van der Waals surface area contributed by atoms with Crippen LogP contribution in [0.5, 0.6) is 0 Å². The van der Waals surface area contributed by atoms with Gasteiger partial charge in [-0.3, -0.25) is 4.79 Å². The first kappa shape index (κ1) is 17.4. The number of aryl methyl sites for hydroxylation is 1. The van der Waals surface area contributed by atoms with E-state index in [1.807, 2.05) is 19.1 Å². The number of hydrogen-bond acceptors (Lipinski definition) is 5. The van der Waals surface area contributed by atoms with Crippen LogP contribution < -0.4 is 10.9 Å². The van der Waals surface area contributed by atoms with Crippen LogP contribution in [0.25, 0.3) is 11.0 Å². The first-order valence-corrected chi connectivity index (χ1v) is 8.00. The Kier molecular flexibility index (Phi) is 4.84. The van der Waals surface area contributed by atoms with E-state index in [1.54, 1.807) is 30.3 Å². The second-order valence-electron chi connectivity index (χ2n) is 5.92. The lowest BCUT2D eigenvalue weighted by atomic mass is 10.1. The van der Waals surface area contributed by atoms with Crippen LogP contribution in [0.2, 0.25) is 0 Å². The first-order valence-electron chi connectivity index (χ1n) is 8.00. The van der Waals surface area contributed by atoms with Gasteiger partial charge in [-0.25, -0.2) is 9.59 Å². The molecule has 1 N–H and O–H groups in total. The van der Waals surface area contributed by atoms with Crippen molar-refractivity contribution in [1.82, 2.24) is 0 Å². The van der Waals surface area contributed by atoms with E-state index in [2.05, 4.69) is 5.32 Å². The maximum atomic E-state index is 12.2. The van der Waals surface area contributed by atoms with Gasteiger partial charge in [-0.1, -0.05) is 17.7 Å². The average Bonchev–Trinajstić information content (AvgIpc) is 2.59. The highest BCUT2D eigenvalue weighted by atomic mass is 16.5. The lowest BCUT2D eigenvalue weighted by molar-refractivity contribution is -0.114. The number of anilines is 1. The molecule has 6 heteroatoms. The molecule has 0 spiro atoms. The molecule has 1 aromatic heterocycles. The summed E-state index contributed by atoms with van der Waals surface area (Å²) in [4.78, 5) is 35.1. The second-order valence-corrected chi connectivity index (χ2v) is 5.92. The minimum absolute atomic E-state index is 0.0612. The molecule has 0 saturated heterocycles. The third-order valence-corrected chi connectivity index (χ3v) is 3.80. The lowest BCUT2D eigenvalue weighted by Crippen LogP contribution is -2.09. The molecule has 0 radical (unpaired) electrons. The third-order valence-electron chi connectivity index (χ3n) is 3.80. The van der Waals surface area contributed by atoms with Crippen LogP contribution >= 0.6 is 0 Å². The summed E-state index contributed by atoms with van der Waals surface area (Å²) in [6.07, 6.45) is 0. The van der Waals surface area contributed by atoms with Crippen molar-refractivity contribution in [2.24, 2.45) is 0 Å². The summed E-state index contributed by atoms with van der Waals surface area (Å²) in [6, 6.07) is 13.3. The van der Waals surface area contributed by atoms with Crippen LogP contribution in [0.15, 0.2) is 57.7 Å².